The molecule has 0 saturated carbocycles. The van der Waals surface area contributed by atoms with Gasteiger partial charge in [-0.3, -0.25) is 0 Å². The van der Waals surface area contributed by atoms with Crippen LogP contribution in [0.25, 0.3) is 6.08 Å². The third-order valence-corrected chi connectivity index (χ3v) is 2.49. The van der Waals surface area contributed by atoms with Crippen LogP contribution < -0.4 is 0 Å². The van der Waals surface area contributed by atoms with Crippen LogP contribution in [0.4, 0.5) is 0 Å². The molecule has 1 aliphatic carbocycles. The molecule has 1 radical (unpaired) electrons. The fraction of sp³-hybridized carbons (Fsp3) is 0.250. The second-order valence-corrected chi connectivity index (χ2v) is 3.42. The Hall–Kier alpha value is -1.04. The van der Waals surface area contributed by atoms with Crippen LogP contribution in [-0.4, -0.2) is 0 Å². The molecule has 61 valence electrons. The van der Waals surface area contributed by atoms with E-state index in [2.05, 4.69) is 44.2 Å². The van der Waals surface area contributed by atoms with E-state index in [1.807, 2.05) is 0 Å². The van der Waals surface area contributed by atoms with Crippen molar-refractivity contribution in [2.24, 2.45) is 0 Å². The summed E-state index contributed by atoms with van der Waals surface area (Å²) in [6.07, 6.45) is 5.58. The van der Waals surface area contributed by atoms with E-state index in [9.17, 15) is 0 Å². The second kappa shape index (κ2) is 2.78. The molecule has 0 nitrogen and oxygen atoms in total. The summed E-state index contributed by atoms with van der Waals surface area (Å²) < 4.78 is 0. The van der Waals surface area contributed by atoms with Gasteiger partial charge >= 0.3 is 0 Å². The number of rotatable bonds is 0. The summed E-state index contributed by atoms with van der Waals surface area (Å²) in [4.78, 5) is 0. The minimum atomic E-state index is 1.11. The average Bonchev–Trinajstić information content (AvgIpc) is 2.07. The van der Waals surface area contributed by atoms with E-state index >= 15 is 0 Å². The van der Waals surface area contributed by atoms with Crippen molar-refractivity contribution in [2.75, 3.05) is 0 Å². The summed E-state index contributed by atoms with van der Waals surface area (Å²) >= 11 is 0. The lowest BCUT2D eigenvalue weighted by Gasteiger charge is -2.18. The van der Waals surface area contributed by atoms with E-state index in [1.54, 1.807) is 0 Å². The third kappa shape index (κ3) is 1.08. The van der Waals surface area contributed by atoms with E-state index in [0.717, 1.165) is 6.42 Å². The molecular formula is C12H13. The molecular weight excluding hydrogens is 144 g/mol. The van der Waals surface area contributed by atoms with Crippen molar-refractivity contribution < 1.29 is 0 Å². The Morgan fingerprint density at radius 3 is 2.75 bits per heavy atom. The van der Waals surface area contributed by atoms with Crippen LogP contribution in [0.2, 0.25) is 0 Å². The number of fused-ring (bicyclic) bond motifs is 1. The number of hydrogen-bond donors (Lipinski definition) is 0. The summed E-state index contributed by atoms with van der Waals surface area (Å²) in [7, 11) is 0. The smallest absolute Gasteiger partial charge is 0.00626 e. The van der Waals surface area contributed by atoms with Gasteiger partial charge in [-0.25, -0.2) is 0 Å². The Kier molecular flexibility index (Phi) is 1.76. The largest absolute Gasteiger partial charge is 0.0830 e. The first kappa shape index (κ1) is 7.60. The fourth-order valence-corrected chi connectivity index (χ4v) is 1.74. The van der Waals surface area contributed by atoms with Crippen LogP contribution in [-0.2, 0) is 0 Å². The maximum absolute atomic E-state index is 2.24. The average molecular weight is 157 g/mol. The first-order valence-corrected chi connectivity index (χ1v) is 4.38. The second-order valence-electron chi connectivity index (χ2n) is 3.42. The van der Waals surface area contributed by atoms with Gasteiger partial charge in [0.1, 0.15) is 0 Å². The molecule has 1 aromatic rings. The molecule has 0 aromatic heterocycles. The van der Waals surface area contributed by atoms with Gasteiger partial charge in [-0.05, 0) is 30.0 Å². The Morgan fingerprint density at radius 2 is 2.00 bits per heavy atom. The molecule has 0 amide bonds. The third-order valence-electron chi connectivity index (χ3n) is 2.49. The van der Waals surface area contributed by atoms with Gasteiger partial charge in [-0.2, -0.15) is 0 Å². The quantitative estimate of drug-likeness (QED) is 0.541. The Balaban J connectivity index is 2.61. The molecule has 0 fully saturated rings. The number of hydrogen-bond acceptors (Lipinski definition) is 0. The molecule has 0 spiro atoms. The molecule has 0 heteroatoms. The van der Waals surface area contributed by atoms with Gasteiger partial charge in [-0.15, -0.1) is 0 Å². The lowest BCUT2D eigenvalue weighted by atomic mass is 9.86. The zero-order chi connectivity index (χ0) is 8.55. The zero-order valence-corrected chi connectivity index (χ0v) is 7.59. The van der Waals surface area contributed by atoms with Gasteiger partial charge in [0.15, 0.2) is 0 Å². The Morgan fingerprint density at radius 1 is 1.17 bits per heavy atom. The van der Waals surface area contributed by atoms with Crippen molar-refractivity contribution >= 4 is 6.08 Å². The van der Waals surface area contributed by atoms with E-state index < -0.39 is 0 Å². The van der Waals surface area contributed by atoms with Crippen molar-refractivity contribution in [3.8, 4) is 0 Å². The van der Waals surface area contributed by atoms with Crippen molar-refractivity contribution in [1.29, 1.82) is 0 Å². The predicted molar refractivity (Wildman–Crippen MR) is 52.8 cm³/mol. The number of aryl methyl sites for hydroxylation is 1. The van der Waals surface area contributed by atoms with Crippen molar-refractivity contribution in [1.82, 2.24) is 0 Å². The van der Waals surface area contributed by atoms with Crippen molar-refractivity contribution in [3.05, 3.63) is 46.9 Å². The van der Waals surface area contributed by atoms with Crippen LogP contribution in [0.5, 0.6) is 0 Å². The highest BCUT2D eigenvalue weighted by Gasteiger charge is 2.13. The van der Waals surface area contributed by atoms with E-state index in [4.69, 9.17) is 0 Å². The summed E-state index contributed by atoms with van der Waals surface area (Å²) in [5.41, 5.74) is 4.21. The minimum Gasteiger partial charge on any atom is -0.0830 e. The highest BCUT2D eigenvalue weighted by molar-refractivity contribution is 5.64. The van der Waals surface area contributed by atoms with Gasteiger partial charge in [0.25, 0.3) is 0 Å². The maximum atomic E-state index is 2.24. The summed E-state index contributed by atoms with van der Waals surface area (Å²) in [6.45, 7) is 4.38. The number of benzene rings is 1. The van der Waals surface area contributed by atoms with Crippen LogP contribution in [0.1, 0.15) is 30.0 Å². The van der Waals surface area contributed by atoms with E-state index in [-0.39, 0.29) is 0 Å². The Labute approximate surface area is 73.9 Å². The first-order valence-electron chi connectivity index (χ1n) is 4.38. The van der Waals surface area contributed by atoms with E-state index in [0.29, 0.717) is 0 Å². The molecule has 0 aliphatic heterocycles. The molecule has 1 aliphatic rings. The molecule has 12 heavy (non-hydrogen) atoms. The summed E-state index contributed by atoms with van der Waals surface area (Å²) in [6, 6.07) is 6.51. The molecule has 0 atom stereocenters. The monoisotopic (exact) mass is 157 g/mol. The highest BCUT2D eigenvalue weighted by Crippen LogP contribution is 2.29. The lowest BCUT2D eigenvalue weighted by Crippen LogP contribution is -2.01. The molecule has 0 unspecified atom stereocenters. The fourth-order valence-electron chi connectivity index (χ4n) is 1.74. The SMILES string of the molecule is C[C]1CC=Cc2c(C)cccc21. The summed E-state index contributed by atoms with van der Waals surface area (Å²) in [5.74, 6) is 1.48. The van der Waals surface area contributed by atoms with E-state index in [1.165, 1.54) is 22.6 Å². The molecule has 0 N–H and O–H groups in total. The standard InChI is InChI=1S/C12H13/c1-9-5-3-8-12-10(2)6-4-7-11(9)12/h3-5,7-8H,6H2,1-2H3. The van der Waals surface area contributed by atoms with Gasteiger partial charge in [0.05, 0.1) is 0 Å². The highest BCUT2D eigenvalue weighted by atomic mass is 14.2. The van der Waals surface area contributed by atoms with Crippen molar-refractivity contribution in [2.45, 2.75) is 20.3 Å². The van der Waals surface area contributed by atoms with Gasteiger partial charge < -0.3 is 0 Å². The van der Waals surface area contributed by atoms with Gasteiger partial charge in [0.2, 0.25) is 0 Å². The van der Waals surface area contributed by atoms with Crippen LogP contribution in [0, 0.1) is 12.8 Å². The molecule has 0 heterocycles. The molecule has 0 saturated heterocycles. The normalized spacial score (nSPS) is 16.2. The topological polar surface area (TPSA) is 0 Å². The zero-order valence-electron chi connectivity index (χ0n) is 7.59. The van der Waals surface area contributed by atoms with Crippen LogP contribution in [0.3, 0.4) is 0 Å². The Bertz CT molecular complexity index is 321. The molecule has 0 bridgehead atoms. The first-order chi connectivity index (χ1) is 5.79. The van der Waals surface area contributed by atoms with Crippen LogP contribution >= 0.6 is 0 Å². The summed E-state index contributed by atoms with van der Waals surface area (Å²) in [5, 5.41) is 0. The molecule has 2 rings (SSSR count). The predicted octanol–water partition coefficient (Wildman–Crippen LogP) is 3.35. The van der Waals surface area contributed by atoms with Crippen molar-refractivity contribution in [3.63, 3.8) is 0 Å². The number of allylic oxidation sites excluding steroid dienone is 1. The maximum Gasteiger partial charge on any atom is 0.00626 e. The van der Waals surface area contributed by atoms with Gasteiger partial charge in [-0.1, -0.05) is 37.3 Å². The lowest BCUT2D eigenvalue weighted by molar-refractivity contribution is 1.01. The van der Waals surface area contributed by atoms with Crippen LogP contribution in [0.15, 0.2) is 24.3 Å². The minimum absolute atomic E-state index is 1.11. The molecule has 1 aromatic carbocycles. The van der Waals surface area contributed by atoms with Gasteiger partial charge in [0, 0.05) is 5.92 Å².